The topological polar surface area (TPSA) is 71.4 Å². The highest BCUT2D eigenvalue weighted by atomic mass is 16.3. The first-order chi connectivity index (χ1) is 13.6. The van der Waals surface area contributed by atoms with Crippen molar-refractivity contribution in [3.05, 3.63) is 23.3 Å². The van der Waals surface area contributed by atoms with Crippen molar-refractivity contribution in [2.24, 2.45) is 34.0 Å². The monoisotopic (exact) mass is 414 g/mol. The molecule has 0 aromatic rings. The maximum Gasteiger partial charge on any atom is 0.180 e. The molecule has 3 rings (SSSR count). The molecular weight excluding hydrogens is 376 g/mol. The van der Waals surface area contributed by atoms with Crippen LogP contribution in [-0.2, 0) is 14.4 Å². The molecule has 30 heavy (non-hydrogen) atoms. The number of hydrogen-bond donors (Lipinski definition) is 1. The van der Waals surface area contributed by atoms with E-state index in [0.29, 0.717) is 25.7 Å². The van der Waals surface area contributed by atoms with Gasteiger partial charge in [0.15, 0.2) is 17.3 Å². The fourth-order valence-electron chi connectivity index (χ4n) is 6.68. The first kappa shape index (κ1) is 23.1. The van der Waals surface area contributed by atoms with E-state index in [-0.39, 0.29) is 46.1 Å². The Balaban J connectivity index is 2.23. The van der Waals surface area contributed by atoms with Crippen LogP contribution in [-0.4, -0.2) is 28.1 Å². The highest BCUT2D eigenvalue weighted by Gasteiger charge is 2.75. The van der Waals surface area contributed by atoms with Gasteiger partial charge in [-0.2, -0.15) is 0 Å². The van der Waals surface area contributed by atoms with Crippen molar-refractivity contribution in [3.8, 4) is 0 Å². The summed E-state index contributed by atoms with van der Waals surface area (Å²) in [6, 6.07) is 0. The number of fused-ring (bicyclic) bond motifs is 1. The van der Waals surface area contributed by atoms with Crippen LogP contribution < -0.4 is 0 Å². The van der Waals surface area contributed by atoms with Gasteiger partial charge in [-0.1, -0.05) is 45.4 Å². The van der Waals surface area contributed by atoms with Crippen LogP contribution in [0.15, 0.2) is 23.3 Å². The highest BCUT2D eigenvalue weighted by molar-refractivity contribution is 6.31. The summed E-state index contributed by atoms with van der Waals surface area (Å²) in [5, 5.41) is 10.9. The molecule has 0 amide bonds. The zero-order valence-electron chi connectivity index (χ0n) is 19.9. The molecule has 0 aromatic carbocycles. The zero-order chi connectivity index (χ0) is 22.9. The maximum atomic E-state index is 14.0. The molecule has 5 unspecified atom stereocenters. The summed E-state index contributed by atoms with van der Waals surface area (Å²) in [5.74, 6) is -0.840. The Morgan fingerprint density at radius 3 is 2.37 bits per heavy atom. The van der Waals surface area contributed by atoms with Crippen molar-refractivity contribution in [1.82, 2.24) is 0 Å². The van der Waals surface area contributed by atoms with E-state index in [2.05, 4.69) is 13.8 Å². The van der Waals surface area contributed by atoms with E-state index >= 15 is 0 Å². The third-order valence-electron chi connectivity index (χ3n) is 8.49. The van der Waals surface area contributed by atoms with Gasteiger partial charge in [-0.15, -0.1) is 0 Å². The van der Waals surface area contributed by atoms with Gasteiger partial charge in [0.2, 0.25) is 0 Å². The molecule has 3 aliphatic rings. The summed E-state index contributed by atoms with van der Waals surface area (Å²) in [4.78, 5) is 40.9. The largest absolute Gasteiger partial charge is 0.390 e. The fraction of sp³-hybridized carbons (Fsp3) is 0.731. The number of Topliss-reactive ketones (excluding diaryl/α,β-unsaturated/α-hetero) is 3. The predicted octanol–water partition coefficient (Wildman–Crippen LogP) is 4.85. The fourth-order valence-corrected chi connectivity index (χ4v) is 6.68. The van der Waals surface area contributed by atoms with Gasteiger partial charge in [0.25, 0.3) is 0 Å². The van der Waals surface area contributed by atoms with Crippen LogP contribution in [0.25, 0.3) is 0 Å². The number of allylic oxidation sites excluding steroid dienone is 4. The van der Waals surface area contributed by atoms with Crippen LogP contribution >= 0.6 is 0 Å². The second-order valence-electron chi connectivity index (χ2n) is 11.5. The first-order valence-electron chi connectivity index (χ1n) is 11.4. The van der Waals surface area contributed by atoms with E-state index in [1.165, 1.54) is 0 Å². The lowest BCUT2D eigenvalue weighted by molar-refractivity contribution is -0.142. The Hall–Kier alpha value is -1.55. The summed E-state index contributed by atoms with van der Waals surface area (Å²) in [5.41, 5.74) is -1.95. The van der Waals surface area contributed by atoms with Gasteiger partial charge in [-0.3, -0.25) is 14.4 Å². The van der Waals surface area contributed by atoms with E-state index in [1.807, 2.05) is 33.8 Å². The van der Waals surface area contributed by atoms with Crippen LogP contribution in [0.1, 0.15) is 81.1 Å². The molecule has 2 saturated carbocycles. The van der Waals surface area contributed by atoms with E-state index in [4.69, 9.17) is 0 Å². The molecule has 4 nitrogen and oxygen atoms in total. The van der Waals surface area contributed by atoms with Crippen molar-refractivity contribution in [1.29, 1.82) is 0 Å². The molecule has 5 atom stereocenters. The molecule has 4 heteroatoms. The van der Waals surface area contributed by atoms with Crippen LogP contribution in [0.2, 0.25) is 0 Å². The van der Waals surface area contributed by atoms with E-state index in [9.17, 15) is 19.5 Å². The number of hydrogen-bond acceptors (Lipinski definition) is 4. The zero-order valence-corrected chi connectivity index (χ0v) is 19.9. The van der Waals surface area contributed by atoms with E-state index in [0.717, 1.165) is 5.57 Å². The molecule has 2 fully saturated rings. The van der Waals surface area contributed by atoms with Crippen molar-refractivity contribution < 1.29 is 19.5 Å². The predicted molar refractivity (Wildman–Crippen MR) is 118 cm³/mol. The van der Waals surface area contributed by atoms with Crippen LogP contribution in [0.5, 0.6) is 0 Å². The normalized spacial score (nSPS) is 35.7. The van der Waals surface area contributed by atoms with Crippen LogP contribution in [0.4, 0.5) is 0 Å². The quantitative estimate of drug-likeness (QED) is 0.383. The van der Waals surface area contributed by atoms with Crippen molar-refractivity contribution >= 4 is 17.3 Å². The third-order valence-corrected chi connectivity index (χ3v) is 8.49. The summed E-state index contributed by atoms with van der Waals surface area (Å²) in [6.45, 7) is 15.6. The number of carbonyl (C=O) groups excluding carboxylic acids is 3. The van der Waals surface area contributed by atoms with E-state index in [1.54, 1.807) is 19.9 Å². The number of carbonyl (C=O) groups is 3. The number of rotatable bonds is 6. The molecular formula is C26H38O4. The first-order valence-corrected chi connectivity index (χ1v) is 11.4. The summed E-state index contributed by atoms with van der Waals surface area (Å²) < 4.78 is 0. The highest BCUT2D eigenvalue weighted by Crippen LogP contribution is 2.72. The van der Waals surface area contributed by atoms with Crippen molar-refractivity contribution in [2.45, 2.75) is 86.7 Å². The molecule has 0 aromatic heterocycles. The van der Waals surface area contributed by atoms with Crippen molar-refractivity contribution in [3.63, 3.8) is 0 Å². The minimum atomic E-state index is -1.14. The van der Waals surface area contributed by atoms with Crippen molar-refractivity contribution in [2.75, 3.05) is 0 Å². The standard InChI is InChI=1S/C26H38O4/c1-9-16(4)20(27)17-12-26-13-18(24(7,8)30)23(5,6)19(26)14-25(21(17)28,22(26)29)11-10-15(2)3/h10,12,16,18-19,30H,9,11,13-14H2,1-8H3. The Morgan fingerprint density at radius 1 is 1.27 bits per heavy atom. The Labute approximate surface area is 181 Å². The second kappa shape index (κ2) is 6.98. The summed E-state index contributed by atoms with van der Waals surface area (Å²) >= 11 is 0. The van der Waals surface area contributed by atoms with Gasteiger partial charge in [-0.05, 0) is 70.6 Å². The van der Waals surface area contributed by atoms with Crippen LogP contribution in [0, 0.1) is 34.0 Å². The summed E-state index contributed by atoms with van der Waals surface area (Å²) in [6.07, 6.45) is 5.70. The maximum absolute atomic E-state index is 14.0. The molecule has 0 heterocycles. The Kier molecular flexibility index (Phi) is 5.38. The van der Waals surface area contributed by atoms with Gasteiger partial charge in [0.05, 0.1) is 22.0 Å². The van der Waals surface area contributed by atoms with E-state index < -0.39 is 16.4 Å². The molecule has 0 aliphatic heterocycles. The average molecular weight is 415 g/mol. The number of aliphatic hydroxyl groups is 1. The Bertz CT molecular complexity index is 849. The van der Waals surface area contributed by atoms with Gasteiger partial charge in [-0.25, -0.2) is 0 Å². The average Bonchev–Trinajstić information content (AvgIpc) is 2.97. The lowest BCUT2D eigenvalue weighted by Crippen LogP contribution is -2.48. The minimum absolute atomic E-state index is 0.0250. The minimum Gasteiger partial charge on any atom is -0.390 e. The van der Waals surface area contributed by atoms with Gasteiger partial charge < -0.3 is 5.11 Å². The molecule has 1 spiro atoms. The second-order valence-corrected chi connectivity index (χ2v) is 11.5. The lowest BCUT2D eigenvalue weighted by atomic mass is 9.63. The Morgan fingerprint density at radius 2 is 1.87 bits per heavy atom. The molecule has 0 radical (unpaired) electrons. The molecule has 2 bridgehead atoms. The van der Waals surface area contributed by atoms with Gasteiger partial charge >= 0.3 is 0 Å². The van der Waals surface area contributed by atoms with Gasteiger partial charge in [0.1, 0.15) is 0 Å². The van der Waals surface area contributed by atoms with Gasteiger partial charge in [0, 0.05) is 5.92 Å². The smallest absolute Gasteiger partial charge is 0.180 e. The number of ketones is 3. The lowest BCUT2D eigenvalue weighted by Gasteiger charge is -2.40. The molecule has 3 aliphatic carbocycles. The SMILES string of the molecule is CCC(C)C(=O)C1=CC23CC(C(C)(C)O)C(C)(C)C2CC(CC=C(C)C)(C1=O)C3=O. The van der Waals surface area contributed by atoms with Crippen LogP contribution in [0.3, 0.4) is 0 Å². The summed E-state index contributed by atoms with van der Waals surface area (Å²) in [7, 11) is 0. The molecule has 1 N–H and O–H groups in total. The molecule has 0 saturated heterocycles. The molecule has 166 valence electrons. The third kappa shape index (κ3) is 3.01.